The summed E-state index contributed by atoms with van der Waals surface area (Å²) in [5.41, 5.74) is -0.151. The minimum absolute atomic E-state index is 0.0617. The number of carbonyl (C=O) groups is 1. The van der Waals surface area contributed by atoms with Crippen LogP contribution in [0.25, 0.3) is 0 Å². The SMILES string of the molecule is CCC1COC2(CCN(C(=O)CCS(C)(=O)=O)C2)C1. The minimum Gasteiger partial charge on any atom is -0.373 e. The fourth-order valence-electron chi connectivity index (χ4n) is 2.97. The van der Waals surface area contributed by atoms with E-state index in [0.717, 1.165) is 32.1 Å². The highest BCUT2D eigenvalue weighted by molar-refractivity contribution is 7.90. The van der Waals surface area contributed by atoms with Gasteiger partial charge in [0.05, 0.1) is 18.0 Å². The Morgan fingerprint density at radius 1 is 1.47 bits per heavy atom. The molecular formula is C13H23NO4S. The minimum atomic E-state index is -3.07. The van der Waals surface area contributed by atoms with E-state index in [4.69, 9.17) is 4.74 Å². The maximum atomic E-state index is 12.0. The first kappa shape index (κ1) is 14.8. The summed E-state index contributed by atoms with van der Waals surface area (Å²) >= 11 is 0. The molecule has 1 spiro atoms. The lowest BCUT2D eigenvalue weighted by Crippen LogP contribution is -2.36. The Morgan fingerprint density at radius 3 is 2.79 bits per heavy atom. The van der Waals surface area contributed by atoms with E-state index in [-0.39, 0.29) is 23.7 Å². The van der Waals surface area contributed by atoms with E-state index in [0.29, 0.717) is 19.0 Å². The summed E-state index contributed by atoms with van der Waals surface area (Å²) in [4.78, 5) is 13.8. The summed E-state index contributed by atoms with van der Waals surface area (Å²) < 4.78 is 28.1. The third kappa shape index (κ3) is 3.69. The average Bonchev–Trinajstić information content (AvgIpc) is 2.93. The van der Waals surface area contributed by atoms with Crippen molar-refractivity contribution >= 4 is 15.7 Å². The molecule has 2 atom stereocenters. The van der Waals surface area contributed by atoms with E-state index in [1.807, 2.05) is 0 Å². The Morgan fingerprint density at radius 2 is 2.21 bits per heavy atom. The number of sulfone groups is 1. The van der Waals surface area contributed by atoms with Gasteiger partial charge in [0.25, 0.3) is 0 Å². The molecule has 2 heterocycles. The molecule has 2 saturated heterocycles. The van der Waals surface area contributed by atoms with Crippen LogP contribution in [-0.4, -0.2) is 56.5 Å². The maximum Gasteiger partial charge on any atom is 0.223 e. The molecule has 2 unspecified atom stereocenters. The van der Waals surface area contributed by atoms with Crippen LogP contribution in [0.4, 0.5) is 0 Å². The van der Waals surface area contributed by atoms with Crippen molar-refractivity contribution in [3.05, 3.63) is 0 Å². The molecule has 110 valence electrons. The number of likely N-dealkylation sites (tertiary alicyclic amines) is 1. The quantitative estimate of drug-likeness (QED) is 0.769. The molecule has 0 aromatic heterocycles. The van der Waals surface area contributed by atoms with Crippen LogP contribution in [0, 0.1) is 5.92 Å². The van der Waals surface area contributed by atoms with E-state index in [1.54, 1.807) is 4.90 Å². The Hall–Kier alpha value is -0.620. The Balaban J connectivity index is 1.86. The summed E-state index contributed by atoms with van der Waals surface area (Å²) in [6.45, 7) is 4.28. The predicted octanol–water partition coefficient (Wildman–Crippen LogP) is 0.839. The molecule has 0 aromatic rings. The van der Waals surface area contributed by atoms with Crippen molar-refractivity contribution in [1.82, 2.24) is 4.90 Å². The van der Waals surface area contributed by atoms with Gasteiger partial charge >= 0.3 is 0 Å². The van der Waals surface area contributed by atoms with Gasteiger partial charge in [0.2, 0.25) is 5.91 Å². The van der Waals surface area contributed by atoms with Crippen LogP contribution in [0.3, 0.4) is 0 Å². The second-order valence-corrected chi connectivity index (χ2v) is 8.18. The topological polar surface area (TPSA) is 63.7 Å². The second kappa shape index (κ2) is 5.40. The summed E-state index contributed by atoms with van der Waals surface area (Å²) in [6, 6.07) is 0. The molecule has 0 radical (unpaired) electrons. The fourth-order valence-corrected chi connectivity index (χ4v) is 3.52. The van der Waals surface area contributed by atoms with Gasteiger partial charge in [-0.3, -0.25) is 4.79 Å². The van der Waals surface area contributed by atoms with E-state index in [9.17, 15) is 13.2 Å². The van der Waals surface area contributed by atoms with Gasteiger partial charge in [-0.05, 0) is 18.8 Å². The van der Waals surface area contributed by atoms with Gasteiger partial charge < -0.3 is 9.64 Å². The van der Waals surface area contributed by atoms with Gasteiger partial charge in [-0.15, -0.1) is 0 Å². The van der Waals surface area contributed by atoms with Crippen molar-refractivity contribution in [3.63, 3.8) is 0 Å². The third-order valence-corrected chi connectivity index (χ3v) is 5.16. The molecule has 0 bridgehead atoms. The molecular weight excluding hydrogens is 266 g/mol. The fraction of sp³-hybridized carbons (Fsp3) is 0.923. The van der Waals surface area contributed by atoms with Crippen molar-refractivity contribution in [2.75, 3.05) is 31.7 Å². The van der Waals surface area contributed by atoms with Crippen molar-refractivity contribution in [3.8, 4) is 0 Å². The number of hydrogen-bond acceptors (Lipinski definition) is 4. The van der Waals surface area contributed by atoms with Crippen LogP contribution < -0.4 is 0 Å². The van der Waals surface area contributed by atoms with Gasteiger partial charge in [-0.1, -0.05) is 13.3 Å². The molecule has 6 heteroatoms. The highest BCUT2D eigenvalue weighted by Gasteiger charge is 2.45. The lowest BCUT2D eigenvalue weighted by Gasteiger charge is -2.23. The predicted molar refractivity (Wildman–Crippen MR) is 72.6 cm³/mol. The van der Waals surface area contributed by atoms with E-state index in [2.05, 4.69) is 6.92 Å². The normalized spacial score (nSPS) is 31.3. The summed E-state index contributed by atoms with van der Waals surface area (Å²) in [7, 11) is -3.07. The number of amides is 1. The van der Waals surface area contributed by atoms with Crippen molar-refractivity contribution in [1.29, 1.82) is 0 Å². The number of nitrogens with zero attached hydrogens (tertiary/aromatic N) is 1. The van der Waals surface area contributed by atoms with Crippen LogP contribution in [0.15, 0.2) is 0 Å². The van der Waals surface area contributed by atoms with E-state index >= 15 is 0 Å². The lowest BCUT2D eigenvalue weighted by atomic mass is 9.92. The van der Waals surface area contributed by atoms with Gasteiger partial charge in [0, 0.05) is 25.8 Å². The van der Waals surface area contributed by atoms with Crippen LogP contribution in [0.1, 0.15) is 32.6 Å². The van der Waals surface area contributed by atoms with Crippen LogP contribution in [0.5, 0.6) is 0 Å². The molecule has 2 fully saturated rings. The summed E-state index contributed by atoms with van der Waals surface area (Å²) in [5, 5.41) is 0. The third-order valence-electron chi connectivity index (χ3n) is 4.22. The van der Waals surface area contributed by atoms with Crippen molar-refractivity contribution in [2.24, 2.45) is 5.92 Å². The van der Waals surface area contributed by atoms with Gasteiger partial charge in [0.15, 0.2) is 0 Å². The summed E-state index contributed by atoms with van der Waals surface area (Å²) in [5.74, 6) is 0.477. The number of hydrogen-bond donors (Lipinski definition) is 0. The molecule has 0 N–H and O–H groups in total. The highest BCUT2D eigenvalue weighted by atomic mass is 32.2. The molecule has 19 heavy (non-hydrogen) atoms. The first-order valence-corrected chi connectivity index (χ1v) is 8.99. The molecule has 2 rings (SSSR count). The number of carbonyl (C=O) groups excluding carboxylic acids is 1. The highest BCUT2D eigenvalue weighted by Crippen LogP contribution is 2.39. The zero-order valence-corrected chi connectivity index (χ0v) is 12.5. The number of rotatable bonds is 4. The lowest BCUT2D eigenvalue weighted by molar-refractivity contribution is -0.130. The molecule has 0 saturated carbocycles. The standard InChI is InChI=1S/C13H23NO4S/c1-3-11-8-13(18-9-11)5-6-14(10-13)12(15)4-7-19(2,16)17/h11H,3-10H2,1-2H3. The van der Waals surface area contributed by atoms with Gasteiger partial charge in [0.1, 0.15) is 9.84 Å². The smallest absolute Gasteiger partial charge is 0.223 e. The van der Waals surface area contributed by atoms with Crippen LogP contribution >= 0.6 is 0 Å². The zero-order chi connectivity index (χ0) is 14.1. The molecule has 1 amide bonds. The second-order valence-electron chi connectivity index (χ2n) is 5.92. The van der Waals surface area contributed by atoms with Crippen molar-refractivity contribution < 1.29 is 17.9 Å². The Kier molecular flexibility index (Phi) is 4.20. The molecule has 2 aliphatic heterocycles. The van der Waals surface area contributed by atoms with Crippen molar-refractivity contribution in [2.45, 2.75) is 38.2 Å². The van der Waals surface area contributed by atoms with Gasteiger partial charge in [-0.25, -0.2) is 8.42 Å². The maximum absolute atomic E-state index is 12.0. The molecule has 0 aromatic carbocycles. The largest absolute Gasteiger partial charge is 0.373 e. The first-order valence-electron chi connectivity index (χ1n) is 6.93. The van der Waals surface area contributed by atoms with E-state index < -0.39 is 9.84 Å². The molecule has 5 nitrogen and oxygen atoms in total. The van der Waals surface area contributed by atoms with Crippen LogP contribution in [0.2, 0.25) is 0 Å². The number of ether oxygens (including phenoxy) is 1. The van der Waals surface area contributed by atoms with Gasteiger partial charge in [-0.2, -0.15) is 0 Å². The molecule has 2 aliphatic rings. The van der Waals surface area contributed by atoms with E-state index in [1.165, 1.54) is 0 Å². The summed E-state index contributed by atoms with van der Waals surface area (Å²) in [6.07, 6.45) is 4.28. The molecule has 0 aliphatic carbocycles. The Bertz CT molecular complexity index is 448. The zero-order valence-electron chi connectivity index (χ0n) is 11.7. The monoisotopic (exact) mass is 289 g/mol. The first-order chi connectivity index (χ1) is 8.84. The Labute approximate surface area is 115 Å². The van der Waals surface area contributed by atoms with Crippen LogP contribution in [-0.2, 0) is 19.4 Å². The average molecular weight is 289 g/mol.